The van der Waals surface area contributed by atoms with Crippen molar-refractivity contribution in [2.75, 3.05) is 6.54 Å². The van der Waals surface area contributed by atoms with Crippen LogP contribution in [0.25, 0.3) is 0 Å². The summed E-state index contributed by atoms with van der Waals surface area (Å²) in [7, 11) is 0. The Morgan fingerprint density at radius 2 is 1.89 bits per heavy atom. The van der Waals surface area contributed by atoms with Gasteiger partial charge >= 0.3 is 0 Å². The van der Waals surface area contributed by atoms with Gasteiger partial charge in [-0.05, 0) is 19.9 Å². The molecule has 0 aromatic rings. The molecule has 0 spiro atoms. The molecule has 0 bridgehead atoms. The maximum absolute atomic E-state index is 10.1. The Morgan fingerprint density at radius 1 is 1.44 bits per heavy atom. The maximum atomic E-state index is 10.1. The number of hydrogen-bond donors (Lipinski definition) is 1. The molecule has 0 aromatic heterocycles. The Hall–Kier alpha value is -0.370. The van der Waals surface area contributed by atoms with Gasteiger partial charge in [0.15, 0.2) is 0 Å². The number of nitrogens with two attached hydrogens (primary N) is 1. The first kappa shape index (κ1) is 11.4. The van der Waals surface area contributed by atoms with Crippen LogP contribution in [0.3, 0.4) is 0 Å². The number of rotatable bonds is 3. The molecule has 0 saturated heterocycles. The van der Waals surface area contributed by atoms with Crippen molar-refractivity contribution in [2.45, 2.75) is 33.6 Å². The van der Waals surface area contributed by atoms with Crippen LogP contribution in [0.5, 0.6) is 0 Å². The van der Waals surface area contributed by atoms with Crippen molar-refractivity contribution in [2.24, 2.45) is 5.73 Å². The summed E-state index contributed by atoms with van der Waals surface area (Å²) < 4.78 is 0. The van der Waals surface area contributed by atoms with Crippen LogP contribution in [0.2, 0.25) is 0 Å². The largest absolute Gasteiger partial charge is 0.330 e. The smallest absolute Gasteiger partial charge is 0.129 e. The van der Waals surface area contributed by atoms with Gasteiger partial charge in [-0.15, -0.1) is 0 Å². The van der Waals surface area contributed by atoms with Gasteiger partial charge in [-0.25, -0.2) is 0 Å². The van der Waals surface area contributed by atoms with E-state index < -0.39 is 0 Å². The van der Waals surface area contributed by atoms with Crippen LogP contribution in [-0.2, 0) is 4.79 Å². The van der Waals surface area contributed by atoms with E-state index in [1.165, 1.54) is 0 Å². The van der Waals surface area contributed by atoms with Crippen molar-refractivity contribution in [3.63, 3.8) is 0 Å². The standard InChI is InChI=1S/C5H11NO.C2H6/c1-5(7)3-2-4-6;1-2/h2-4,6H2,1H3;1-2H3. The molecule has 0 aliphatic carbocycles. The Kier molecular flexibility index (Phi) is 13.4. The molecule has 9 heavy (non-hydrogen) atoms. The van der Waals surface area contributed by atoms with Crippen LogP contribution in [-0.4, -0.2) is 12.3 Å². The second kappa shape index (κ2) is 10.6. The van der Waals surface area contributed by atoms with E-state index in [1.807, 2.05) is 13.8 Å². The summed E-state index contributed by atoms with van der Waals surface area (Å²) >= 11 is 0. The van der Waals surface area contributed by atoms with Crippen molar-refractivity contribution in [1.29, 1.82) is 0 Å². The average Bonchev–Trinajstić information content (AvgIpc) is 1.88. The first-order valence-corrected chi connectivity index (χ1v) is 3.47. The molecule has 0 heterocycles. The van der Waals surface area contributed by atoms with E-state index in [9.17, 15) is 4.79 Å². The van der Waals surface area contributed by atoms with E-state index in [0.29, 0.717) is 13.0 Å². The van der Waals surface area contributed by atoms with Gasteiger partial charge in [0.1, 0.15) is 5.78 Å². The molecule has 0 radical (unpaired) electrons. The molecular formula is C7H17NO. The minimum absolute atomic E-state index is 0.227. The SMILES string of the molecule is CC.CC(=O)CCCN. The summed E-state index contributed by atoms with van der Waals surface area (Å²) in [5.41, 5.74) is 5.12. The lowest BCUT2D eigenvalue weighted by molar-refractivity contribution is -0.117. The highest BCUT2D eigenvalue weighted by Gasteiger charge is 1.87. The molecule has 0 atom stereocenters. The molecule has 0 unspecified atom stereocenters. The van der Waals surface area contributed by atoms with Crippen LogP contribution >= 0.6 is 0 Å². The van der Waals surface area contributed by atoms with E-state index in [1.54, 1.807) is 6.92 Å². The first-order chi connectivity index (χ1) is 4.27. The van der Waals surface area contributed by atoms with Gasteiger partial charge < -0.3 is 10.5 Å². The molecule has 2 N–H and O–H groups in total. The molecule has 0 rings (SSSR count). The maximum Gasteiger partial charge on any atom is 0.129 e. The molecule has 0 saturated carbocycles. The van der Waals surface area contributed by atoms with Crippen LogP contribution in [0.1, 0.15) is 33.6 Å². The van der Waals surface area contributed by atoms with Crippen LogP contribution < -0.4 is 5.73 Å². The molecular weight excluding hydrogens is 114 g/mol. The highest BCUT2D eigenvalue weighted by atomic mass is 16.1. The third kappa shape index (κ3) is 18.4. The number of hydrogen-bond acceptors (Lipinski definition) is 2. The molecule has 2 nitrogen and oxygen atoms in total. The summed E-state index contributed by atoms with van der Waals surface area (Å²) in [6.45, 7) is 6.20. The predicted molar refractivity (Wildman–Crippen MR) is 40.3 cm³/mol. The summed E-state index contributed by atoms with van der Waals surface area (Å²) in [5, 5.41) is 0. The second-order valence-corrected chi connectivity index (χ2v) is 1.59. The quantitative estimate of drug-likeness (QED) is 0.628. The summed E-state index contributed by atoms with van der Waals surface area (Å²) in [5.74, 6) is 0.227. The zero-order valence-electron chi connectivity index (χ0n) is 6.61. The molecule has 56 valence electrons. The third-order valence-corrected chi connectivity index (χ3v) is 0.733. The minimum atomic E-state index is 0.227. The number of carbonyl (C=O) groups excluding carboxylic acids is 1. The molecule has 0 aliphatic rings. The molecule has 2 heteroatoms. The Bertz CT molecular complexity index is 61.9. The van der Waals surface area contributed by atoms with Gasteiger partial charge in [-0.1, -0.05) is 13.8 Å². The van der Waals surface area contributed by atoms with Crippen LogP contribution in [0.4, 0.5) is 0 Å². The molecule has 0 aliphatic heterocycles. The lowest BCUT2D eigenvalue weighted by Gasteiger charge is -1.87. The third-order valence-electron chi connectivity index (χ3n) is 0.733. The van der Waals surface area contributed by atoms with E-state index in [0.717, 1.165) is 6.42 Å². The van der Waals surface area contributed by atoms with Gasteiger partial charge in [-0.2, -0.15) is 0 Å². The van der Waals surface area contributed by atoms with E-state index in [-0.39, 0.29) is 5.78 Å². The topological polar surface area (TPSA) is 43.1 Å². The van der Waals surface area contributed by atoms with Gasteiger partial charge in [0.2, 0.25) is 0 Å². The van der Waals surface area contributed by atoms with Crippen molar-refractivity contribution in [1.82, 2.24) is 0 Å². The molecule has 0 amide bonds. The van der Waals surface area contributed by atoms with Gasteiger partial charge in [0, 0.05) is 6.42 Å². The second-order valence-electron chi connectivity index (χ2n) is 1.59. The van der Waals surface area contributed by atoms with Crippen LogP contribution in [0, 0.1) is 0 Å². The minimum Gasteiger partial charge on any atom is -0.330 e. The lowest BCUT2D eigenvalue weighted by Crippen LogP contribution is -2.00. The monoisotopic (exact) mass is 131 g/mol. The van der Waals surface area contributed by atoms with Gasteiger partial charge in [0.05, 0.1) is 0 Å². The summed E-state index contributed by atoms with van der Waals surface area (Å²) in [6, 6.07) is 0. The number of Topliss-reactive ketones (excluding diaryl/α,β-unsaturated/α-hetero) is 1. The Labute approximate surface area is 57.4 Å². The van der Waals surface area contributed by atoms with Crippen molar-refractivity contribution < 1.29 is 4.79 Å². The fourth-order valence-electron chi connectivity index (χ4n) is 0.351. The molecule has 0 aromatic carbocycles. The highest BCUT2D eigenvalue weighted by molar-refractivity contribution is 5.75. The normalized spacial score (nSPS) is 7.56. The van der Waals surface area contributed by atoms with E-state index >= 15 is 0 Å². The fourth-order valence-corrected chi connectivity index (χ4v) is 0.351. The number of ketones is 1. The zero-order chi connectivity index (χ0) is 7.70. The Morgan fingerprint density at radius 3 is 2.00 bits per heavy atom. The predicted octanol–water partition coefficient (Wildman–Crippen LogP) is 1.34. The highest BCUT2D eigenvalue weighted by Crippen LogP contribution is 1.84. The van der Waals surface area contributed by atoms with Crippen molar-refractivity contribution in [3.8, 4) is 0 Å². The Balaban J connectivity index is 0. The van der Waals surface area contributed by atoms with E-state index in [2.05, 4.69) is 0 Å². The zero-order valence-corrected chi connectivity index (χ0v) is 6.61. The first-order valence-electron chi connectivity index (χ1n) is 3.47. The molecule has 0 fully saturated rings. The van der Waals surface area contributed by atoms with Crippen molar-refractivity contribution in [3.05, 3.63) is 0 Å². The number of carbonyl (C=O) groups is 1. The van der Waals surface area contributed by atoms with Gasteiger partial charge in [-0.3, -0.25) is 0 Å². The van der Waals surface area contributed by atoms with Gasteiger partial charge in [0.25, 0.3) is 0 Å². The summed E-state index contributed by atoms with van der Waals surface area (Å²) in [6.07, 6.45) is 1.46. The van der Waals surface area contributed by atoms with Crippen LogP contribution in [0.15, 0.2) is 0 Å². The van der Waals surface area contributed by atoms with E-state index in [4.69, 9.17) is 5.73 Å². The summed E-state index contributed by atoms with van der Waals surface area (Å²) in [4.78, 5) is 10.1. The fraction of sp³-hybridized carbons (Fsp3) is 0.857. The average molecular weight is 131 g/mol. The lowest BCUT2D eigenvalue weighted by atomic mass is 10.2. The van der Waals surface area contributed by atoms with Crippen molar-refractivity contribution >= 4 is 5.78 Å².